The molecular formula is C23H29N5O2S. The third-order valence-corrected chi connectivity index (χ3v) is 7.45. The first-order chi connectivity index (χ1) is 14.9. The zero-order valence-electron chi connectivity index (χ0n) is 18.1. The summed E-state index contributed by atoms with van der Waals surface area (Å²) in [6.07, 6.45) is 4.66. The minimum absolute atomic E-state index is 0.179. The molecule has 31 heavy (non-hydrogen) atoms. The van der Waals surface area contributed by atoms with E-state index < -0.39 is 9.84 Å². The standard InChI is InChI=1S/C23H29N5O2S/c1-18-7-11-20(12-8-18)22(27-15-5-3-4-6-16-27)23-24-25-26-28(23)17-31(29,30)21-13-9-19(2)10-14-21/h7-14,22H,3-6,15-17H2,1-2H3/t22-/m0/s1. The molecule has 1 fully saturated rings. The van der Waals surface area contributed by atoms with E-state index in [0.717, 1.165) is 37.1 Å². The fraction of sp³-hybridized carbons (Fsp3) is 0.435. The molecule has 1 aromatic heterocycles. The third kappa shape index (κ3) is 5.02. The smallest absolute Gasteiger partial charge is 0.198 e. The number of nitrogens with zero attached hydrogens (tertiary/aromatic N) is 5. The van der Waals surface area contributed by atoms with Crippen molar-refractivity contribution in [2.45, 2.75) is 56.3 Å². The maximum Gasteiger partial charge on any atom is 0.198 e. The van der Waals surface area contributed by atoms with Gasteiger partial charge >= 0.3 is 0 Å². The summed E-state index contributed by atoms with van der Waals surface area (Å²) in [7, 11) is -3.58. The van der Waals surface area contributed by atoms with Gasteiger partial charge in [-0.3, -0.25) is 4.90 Å². The van der Waals surface area contributed by atoms with Crippen LogP contribution in [0.25, 0.3) is 0 Å². The average Bonchev–Trinajstić information content (AvgIpc) is 3.01. The van der Waals surface area contributed by atoms with Crippen molar-refractivity contribution in [3.05, 3.63) is 71.0 Å². The third-order valence-electron chi connectivity index (χ3n) is 5.88. The Kier molecular flexibility index (Phi) is 6.48. The van der Waals surface area contributed by atoms with Gasteiger partial charge in [-0.15, -0.1) is 5.10 Å². The van der Waals surface area contributed by atoms with Gasteiger partial charge in [0, 0.05) is 0 Å². The van der Waals surface area contributed by atoms with Crippen molar-refractivity contribution in [2.75, 3.05) is 13.1 Å². The van der Waals surface area contributed by atoms with Crippen LogP contribution >= 0.6 is 0 Å². The molecule has 0 bridgehead atoms. The van der Waals surface area contributed by atoms with E-state index in [9.17, 15) is 8.42 Å². The zero-order chi connectivity index (χ0) is 21.8. The summed E-state index contributed by atoms with van der Waals surface area (Å²) >= 11 is 0. The molecule has 0 saturated carbocycles. The lowest BCUT2D eigenvalue weighted by atomic mass is 10.0. The first kappa shape index (κ1) is 21.6. The van der Waals surface area contributed by atoms with Crippen molar-refractivity contribution < 1.29 is 8.42 Å². The summed E-state index contributed by atoms with van der Waals surface area (Å²) < 4.78 is 27.6. The van der Waals surface area contributed by atoms with Gasteiger partial charge in [0.1, 0.15) is 0 Å². The molecule has 3 aromatic rings. The highest BCUT2D eigenvalue weighted by Gasteiger charge is 2.30. The Hall–Kier alpha value is -2.58. The van der Waals surface area contributed by atoms with Crippen LogP contribution in [0.15, 0.2) is 53.4 Å². The lowest BCUT2D eigenvalue weighted by Crippen LogP contribution is -2.33. The lowest BCUT2D eigenvalue weighted by Gasteiger charge is -2.30. The molecule has 0 unspecified atom stereocenters. The van der Waals surface area contributed by atoms with E-state index in [1.165, 1.54) is 23.1 Å². The summed E-state index contributed by atoms with van der Waals surface area (Å²) in [6, 6.07) is 15.1. The SMILES string of the molecule is Cc1ccc([C@@H](c2nnnn2CS(=O)(=O)c2ccc(C)cc2)N2CCCCCC2)cc1. The van der Waals surface area contributed by atoms with Gasteiger partial charge in [0.15, 0.2) is 21.5 Å². The molecule has 164 valence electrons. The Labute approximate surface area is 184 Å². The molecule has 1 saturated heterocycles. The molecule has 1 aliphatic rings. The van der Waals surface area contributed by atoms with Crippen LogP contribution in [-0.2, 0) is 15.7 Å². The van der Waals surface area contributed by atoms with E-state index in [1.807, 2.05) is 6.92 Å². The number of aryl methyl sites for hydroxylation is 2. The summed E-state index contributed by atoms with van der Waals surface area (Å²) in [4.78, 5) is 2.67. The summed E-state index contributed by atoms with van der Waals surface area (Å²) in [5.74, 6) is 0.288. The van der Waals surface area contributed by atoms with Crippen LogP contribution in [0.5, 0.6) is 0 Å². The highest BCUT2D eigenvalue weighted by molar-refractivity contribution is 7.90. The normalized spacial score (nSPS) is 16.7. The van der Waals surface area contributed by atoms with Crippen LogP contribution in [-0.4, -0.2) is 46.6 Å². The van der Waals surface area contributed by atoms with E-state index in [4.69, 9.17) is 0 Å². The zero-order valence-corrected chi connectivity index (χ0v) is 18.9. The first-order valence-corrected chi connectivity index (χ1v) is 12.5. The second-order valence-corrected chi connectivity index (χ2v) is 10.3. The van der Waals surface area contributed by atoms with Crippen LogP contribution in [0.3, 0.4) is 0 Å². The number of hydrogen-bond acceptors (Lipinski definition) is 6. The van der Waals surface area contributed by atoms with Crippen LogP contribution in [0, 0.1) is 13.8 Å². The molecule has 2 aromatic carbocycles. The maximum absolute atomic E-state index is 13.1. The lowest BCUT2D eigenvalue weighted by molar-refractivity contribution is 0.222. The summed E-state index contributed by atoms with van der Waals surface area (Å²) in [5.41, 5.74) is 3.28. The number of rotatable bonds is 6. The van der Waals surface area contributed by atoms with E-state index in [1.54, 1.807) is 24.3 Å². The highest BCUT2D eigenvalue weighted by atomic mass is 32.2. The maximum atomic E-state index is 13.1. The topological polar surface area (TPSA) is 81.0 Å². The van der Waals surface area contributed by atoms with Gasteiger partial charge in [-0.05, 0) is 67.9 Å². The molecular weight excluding hydrogens is 410 g/mol. The van der Waals surface area contributed by atoms with Crippen LogP contribution in [0.4, 0.5) is 0 Å². The predicted octanol–water partition coefficient (Wildman–Crippen LogP) is 3.69. The van der Waals surface area contributed by atoms with Gasteiger partial charge in [0.25, 0.3) is 0 Å². The summed E-state index contributed by atoms with van der Waals surface area (Å²) in [6.45, 7) is 5.87. The van der Waals surface area contributed by atoms with E-state index in [2.05, 4.69) is 51.6 Å². The minimum atomic E-state index is -3.58. The number of aromatic nitrogens is 4. The first-order valence-electron chi connectivity index (χ1n) is 10.8. The molecule has 0 N–H and O–H groups in total. The predicted molar refractivity (Wildman–Crippen MR) is 119 cm³/mol. The molecule has 4 rings (SSSR count). The number of likely N-dealkylation sites (tertiary alicyclic amines) is 1. The highest BCUT2D eigenvalue weighted by Crippen LogP contribution is 2.30. The number of sulfone groups is 1. The largest absolute Gasteiger partial charge is 0.290 e. The van der Waals surface area contributed by atoms with Gasteiger partial charge in [0.05, 0.1) is 10.9 Å². The van der Waals surface area contributed by atoms with Crippen molar-refractivity contribution in [2.24, 2.45) is 0 Å². The van der Waals surface area contributed by atoms with Gasteiger partial charge in [-0.1, -0.05) is 60.4 Å². The molecule has 2 heterocycles. The fourth-order valence-corrected chi connectivity index (χ4v) is 5.31. The second kappa shape index (κ2) is 9.28. The van der Waals surface area contributed by atoms with Gasteiger partial charge in [0.2, 0.25) is 0 Å². The van der Waals surface area contributed by atoms with Crippen molar-refractivity contribution in [1.82, 2.24) is 25.1 Å². The van der Waals surface area contributed by atoms with E-state index in [0.29, 0.717) is 5.82 Å². The summed E-state index contributed by atoms with van der Waals surface area (Å²) in [5, 5.41) is 12.3. The molecule has 1 aliphatic heterocycles. The number of hydrogen-bond donors (Lipinski definition) is 0. The molecule has 0 spiro atoms. The number of benzene rings is 2. The molecule has 0 amide bonds. The minimum Gasteiger partial charge on any atom is -0.290 e. The quantitative estimate of drug-likeness (QED) is 0.583. The van der Waals surface area contributed by atoms with Crippen molar-refractivity contribution in [1.29, 1.82) is 0 Å². The Balaban J connectivity index is 1.70. The number of tetrazole rings is 1. The van der Waals surface area contributed by atoms with Crippen LogP contribution in [0.2, 0.25) is 0 Å². The van der Waals surface area contributed by atoms with E-state index in [-0.39, 0.29) is 16.8 Å². The Morgan fingerprint density at radius 1 is 0.871 bits per heavy atom. The molecule has 0 aliphatic carbocycles. The monoisotopic (exact) mass is 439 g/mol. The Bertz CT molecular complexity index is 1100. The molecule has 0 radical (unpaired) electrons. The van der Waals surface area contributed by atoms with Gasteiger partial charge in [-0.2, -0.15) is 0 Å². The van der Waals surface area contributed by atoms with Crippen molar-refractivity contribution in [3.63, 3.8) is 0 Å². The molecule has 8 heteroatoms. The van der Waals surface area contributed by atoms with Crippen molar-refractivity contribution in [3.8, 4) is 0 Å². The fourth-order valence-electron chi connectivity index (χ4n) is 4.11. The molecule has 7 nitrogen and oxygen atoms in total. The van der Waals surface area contributed by atoms with Crippen LogP contribution in [0.1, 0.15) is 54.2 Å². The van der Waals surface area contributed by atoms with E-state index >= 15 is 0 Å². The van der Waals surface area contributed by atoms with Gasteiger partial charge in [-0.25, -0.2) is 13.1 Å². The second-order valence-electron chi connectivity index (χ2n) is 8.36. The van der Waals surface area contributed by atoms with Gasteiger partial charge < -0.3 is 0 Å². The average molecular weight is 440 g/mol. The Morgan fingerprint density at radius 3 is 2.06 bits per heavy atom. The van der Waals surface area contributed by atoms with Crippen LogP contribution < -0.4 is 0 Å². The molecule has 1 atom stereocenters. The van der Waals surface area contributed by atoms with Crippen molar-refractivity contribution >= 4 is 9.84 Å². The Morgan fingerprint density at radius 2 is 1.45 bits per heavy atom.